The van der Waals surface area contributed by atoms with Gasteiger partial charge in [-0.2, -0.15) is 0 Å². The molecule has 7 heteroatoms. The first kappa shape index (κ1) is 13.7. The number of primary amides is 1. The summed E-state index contributed by atoms with van der Waals surface area (Å²) < 4.78 is 7.29. The molecule has 0 radical (unpaired) electrons. The van der Waals surface area contributed by atoms with E-state index in [1.807, 2.05) is 17.6 Å². The van der Waals surface area contributed by atoms with Crippen LogP contribution in [0.2, 0.25) is 0 Å². The van der Waals surface area contributed by atoms with Gasteiger partial charge in [-0.15, -0.1) is 10.2 Å². The van der Waals surface area contributed by atoms with Gasteiger partial charge in [-0.25, -0.2) is 0 Å². The summed E-state index contributed by atoms with van der Waals surface area (Å²) in [4.78, 5) is 10.9. The molecule has 0 saturated carbocycles. The highest BCUT2D eigenvalue weighted by Crippen LogP contribution is 2.27. The summed E-state index contributed by atoms with van der Waals surface area (Å²) in [5, 5.41) is 9.03. The Kier molecular flexibility index (Phi) is 4.26. The first-order valence-electron chi connectivity index (χ1n) is 6.02. The average molecular weight is 280 g/mol. The molecule has 0 bridgehead atoms. The Morgan fingerprint density at radius 3 is 2.89 bits per heavy atom. The molecule has 0 unspecified atom stereocenters. The lowest BCUT2D eigenvalue weighted by molar-refractivity contribution is -0.115. The summed E-state index contributed by atoms with van der Waals surface area (Å²) in [6.45, 7) is 4.75. The van der Waals surface area contributed by atoms with Crippen LogP contribution in [0.4, 0.5) is 0 Å². The van der Waals surface area contributed by atoms with Crippen molar-refractivity contribution in [2.75, 3.05) is 5.75 Å². The van der Waals surface area contributed by atoms with Crippen LogP contribution in [0.25, 0.3) is 11.4 Å². The minimum absolute atomic E-state index is 0.201. The van der Waals surface area contributed by atoms with Crippen molar-refractivity contribution in [3.8, 4) is 11.4 Å². The number of rotatable bonds is 6. The molecular weight excluding hydrogens is 264 g/mol. The highest BCUT2D eigenvalue weighted by Gasteiger charge is 2.17. The number of hydrogen-bond acceptors (Lipinski definition) is 5. The molecule has 1 amide bonds. The van der Waals surface area contributed by atoms with Gasteiger partial charge in [-0.1, -0.05) is 18.7 Å². The van der Waals surface area contributed by atoms with E-state index in [0.29, 0.717) is 5.16 Å². The van der Waals surface area contributed by atoms with Gasteiger partial charge in [-0.3, -0.25) is 4.79 Å². The molecule has 0 aliphatic carbocycles. The summed E-state index contributed by atoms with van der Waals surface area (Å²) in [6.07, 6.45) is 2.58. The standard InChI is InChI=1S/C12H16N4O2S/c1-3-5-16-11(9-4-6-18-8(9)2)14-15-12(16)19-7-10(13)17/h4,6H,3,5,7H2,1-2H3,(H2,13,17). The zero-order chi connectivity index (χ0) is 13.8. The van der Waals surface area contributed by atoms with Crippen molar-refractivity contribution in [2.45, 2.75) is 32.0 Å². The fourth-order valence-electron chi connectivity index (χ4n) is 1.77. The van der Waals surface area contributed by atoms with Crippen molar-refractivity contribution in [3.63, 3.8) is 0 Å². The van der Waals surface area contributed by atoms with E-state index in [1.54, 1.807) is 6.26 Å². The highest BCUT2D eigenvalue weighted by atomic mass is 32.2. The van der Waals surface area contributed by atoms with E-state index >= 15 is 0 Å². The molecule has 6 nitrogen and oxygen atoms in total. The Labute approximate surface area is 115 Å². The van der Waals surface area contributed by atoms with Gasteiger partial charge in [0.1, 0.15) is 5.76 Å². The van der Waals surface area contributed by atoms with Gasteiger partial charge in [-0.05, 0) is 19.4 Å². The lowest BCUT2D eigenvalue weighted by atomic mass is 10.2. The number of hydrogen-bond donors (Lipinski definition) is 1. The summed E-state index contributed by atoms with van der Waals surface area (Å²) in [5.41, 5.74) is 6.08. The summed E-state index contributed by atoms with van der Waals surface area (Å²) >= 11 is 1.30. The number of nitrogens with zero attached hydrogens (tertiary/aromatic N) is 3. The molecule has 0 fully saturated rings. The molecule has 2 aromatic rings. The van der Waals surface area contributed by atoms with E-state index in [0.717, 1.165) is 30.1 Å². The van der Waals surface area contributed by atoms with E-state index < -0.39 is 0 Å². The van der Waals surface area contributed by atoms with Crippen molar-refractivity contribution < 1.29 is 9.21 Å². The lowest BCUT2D eigenvalue weighted by Gasteiger charge is -2.07. The van der Waals surface area contributed by atoms with Crippen LogP contribution < -0.4 is 5.73 Å². The molecule has 0 atom stereocenters. The van der Waals surface area contributed by atoms with Crippen LogP contribution in [0.15, 0.2) is 21.9 Å². The average Bonchev–Trinajstić information content (AvgIpc) is 2.94. The van der Waals surface area contributed by atoms with Crippen LogP contribution in [0.3, 0.4) is 0 Å². The predicted molar refractivity (Wildman–Crippen MR) is 72.7 cm³/mol. The monoisotopic (exact) mass is 280 g/mol. The van der Waals surface area contributed by atoms with Crippen molar-refractivity contribution >= 4 is 17.7 Å². The van der Waals surface area contributed by atoms with Crippen LogP contribution in [-0.2, 0) is 11.3 Å². The number of nitrogens with two attached hydrogens (primary N) is 1. The van der Waals surface area contributed by atoms with Crippen LogP contribution in [0.1, 0.15) is 19.1 Å². The maximum atomic E-state index is 10.9. The fourth-order valence-corrected chi connectivity index (χ4v) is 2.48. The van der Waals surface area contributed by atoms with Crippen molar-refractivity contribution in [2.24, 2.45) is 5.73 Å². The molecule has 0 aliphatic heterocycles. The quantitative estimate of drug-likeness (QED) is 0.816. The molecule has 2 aromatic heterocycles. The van der Waals surface area contributed by atoms with Crippen molar-refractivity contribution in [1.29, 1.82) is 0 Å². The Morgan fingerprint density at radius 1 is 1.53 bits per heavy atom. The summed E-state index contributed by atoms with van der Waals surface area (Å²) in [5.74, 6) is 1.40. The van der Waals surface area contributed by atoms with Gasteiger partial charge in [0, 0.05) is 6.54 Å². The van der Waals surface area contributed by atoms with E-state index in [1.165, 1.54) is 11.8 Å². The Morgan fingerprint density at radius 2 is 2.32 bits per heavy atom. The number of carbonyl (C=O) groups excluding carboxylic acids is 1. The molecule has 102 valence electrons. The SMILES string of the molecule is CCCn1c(SCC(N)=O)nnc1-c1ccoc1C. The zero-order valence-corrected chi connectivity index (χ0v) is 11.7. The Hall–Kier alpha value is -1.76. The van der Waals surface area contributed by atoms with Gasteiger partial charge in [0.05, 0.1) is 17.6 Å². The van der Waals surface area contributed by atoms with Gasteiger partial charge < -0.3 is 14.7 Å². The first-order chi connectivity index (χ1) is 9.13. The molecule has 2 N–H and O–H groups in total. The van der Waals surface area contributed by atoms with Gasteiger partial charge >= 0.3 is 0 Å². The maximum absolute atomic E-state index is 10.9. The zero-order valence-electron chi connectivity index (χ0n) is 10.9. The van der Waals surface area contributed by atoms with Crippen LogP contribution in [0, 0.1) is 6.92 Å². The summed E-state index contributed by atoms with van der Waals surface area (Å²) in [7, 11) is 0. The molecule has 0 aromatic carbocycles. The third-order valence-electron chi connectivity index (χ3n) is 2.61. The van der Waals surface area contributed by atoms with E-state index in [2.05, 4.69) is 17.1 Å². The molecule has 2 rings (SSSR count). The maximum Gasteiger partial charge on any atom is 0.227 e. The van der Waals surface area contributed by atoms with Gasteiger partial charge in [0.15, 0.2) is 11.0 Å². The topological polar surface area (TPSA) is 86.9 Å². The molecule has 0 spiro atoms. The second-order valence-electron chi connectivity index (χ2n) is 4.10. The van der Waals surface area contributed by atoms with Crippen molar-refractivity contribution in [1.82, 2.24) is 14.8 Å². The number of aromatic nitrogens is 3. The number of aryl methyl sites for hydroxylation is 1. The second kappa shape index (κ2) is 5.92. The molecule has 2 heterocycles. The van der Waals surface area contributed by atoms with E-state index in [4.69, 9.17) is 10.2 Å². The number of amides is 1. The molecule has 19 heavy (non-hydrogen) atoms. The third kappa shape index (κ3) is 2.98. The van der Waals surface area contributed by atoms with E-state index in [-0.39, 0.29) is 11.7 Å². The largest absolute Gasteiger partial charge is 0.469 e. The van der Waals surface area contributed by atoms with E-state index in [9.17, 15) is 4.79 Å². The van der Waals surface area contributed by atoms with Crippen LogP contribution >= 0.6 is 11.8 Å². The van der Waals surface area contributed by atoms with Gasteiger partial charge in [0.25, 0.3) is 0 Å². The smallest absolute Gasteiger partial charge is 0.227 e. The highest BCUT2D eigenvalue weighted by molar-refractivity contribution is 7.99. The Bertz CT molecular complexity index is 576. The van der Waals surface area contributed by atoms with Crippen LogP contribution in [-0.4, -0.2) is 26.4 Å². The fraction of sp³-hybridized carbons (Fsp3) is 0.417. The lowest BCUT2D eigenvalue weighted by Crippen LogP contribution is -2.14. The van der Waals surface area contributed by atoms with Crippen molar-refractivity contribution in [3.05, 3.63) is 18.1 Å². The molecular formula is C12H16N4O2S. The number of thioether (sulfide) groups is 1. The number of carbonyl (C=O) groups is 1. The molecule has 0 aliphatic rings. The minimum atomic E-state index is -0.364. The predicted octanol–water partition coefficient (Wildman–Crippen LogP) is 1.83. The first-order valence-corrected chi connectivity index (χ1v) is 7.00. The summed E-state index contributed by atoms with van der Waals surface area (Å²) in [6, 6.07) is 1.87. The normalized spacial score (nSPS) is 10.8. The minimum Gasteiger partial charge on any atom is -0.469 e. The Balaban J connectivity index is 2.34. The van der Waals surface area contributed by atoms with Gasteiger partial charge in [0.2, 0.25) is 5.91 Å². The molecule has 0 saturated heterocycles. The van der Waals surface area contributed by atoms with Crippen LogP contribution in [0.5, 0.6) is 0 Å². The number of furan rings is 1. The third-order valence-corrected chi connectivity index (χ3v) is 3.60. The second-order valence-corrected chi connectivity index (χ2v) is 5.05.